The largest absolute Gasteiger partial charge is 0.340 e. The summed E-state index contributed by atoms with van der Waals surface area (Å²) in [7, 11) is -3.74. The van der Waals surface area contributed by atoms with Crippen molar-refractivity contribution in [2.75, 3.05) is 18.4 Å². The van der Waals surface area contributed by atoms with Crippen LogP contribution < -0.4 is 10.6 Å². The Kier molecular flexibility index (Phi) is 7.59. The van der Waals surface area contributed by atoms with Gasteiger partial charge in [0, 0.05) is 24.3 Å². The zero-order valence-electron chi connectivity index (χ0n) is 18.4. The first-order valence-corrected chi connectivity index (χ1v) is 12.4. The molecule has 172 valence electrons. The van der Waals surface area contributed by atoms with E-state index >= 15 is 0 Å². The smallest absolute Gasteiger partial charge is 0.252 e. The quantitative estimate of drug-likeness (QED) is 0.633. The van der Waals surface area contributed by atoms with Crippen LogP contribution in [0.25, 0.3) is 0 Å². The zero-order valence-corrected chi connectivity index (χ0v) is 20.0. The topological polar surface area (TPSA) is 95.6 Å². The molecule has 1 saturated heterocycles. The first-order valence-electron chi connectivity index (χ1n) is 10.6. The minimum absolute atomic E-state index is 0.0380. The van der Waals surface area contributed by atoms with E-state index in [4.69, 9.17) is 11.6 Å². The van der Waals surface area contributed by atoms with Crippen LogP contribution in [-0.4, -0.2) is 43.7 Å². The number of hydrogen-bond donors (Lipinski definition) is 2. The van der Waals surface area contributed by atoms with Crippen LogP contribution in [0.4, 0.5) is 5.69 Å². The molecule has 0 aliphatic carbocycles. The minimum Gasteiger partial charge on any atom is -0.340 e. The van der Waals surface area contributed by atoms with Crippen LogP contribution in [0.1, 0.15) is 42.6 Å². The van der Waals surface area contributed by atoms with Crippen molar-refractivity contribution in [2.24, 2.45) is 5.92 Å². The molecule has 1 unspecified atom stereocenters. The van der Waals surface area contributed by atoms with Gasteiger partial charge in [-0.15, -0.1) is 0 Å². The molecule has 7 nitrogen and oxygen atoms in total. The number of aryl methyl sites for hydroxylation is 1. The third-order valence-electron chi connectivity index (χ3n) is 5.51. The molecule has 1 heterocycles. The molecular weight excluding hydrogens is 450 g/mol. The molecule has 0 radical (unpaired) electrons. The molecule has 0 spiro atoms. The van der Waals surface area contributed by atoms with Gasteiger partial charge in [0.1, 0.15) is 10.9 Å². The Morgan fingerprint density at radius 3 is 2.34 bits per heavy atom. The highest BCUT2D eigenvalue weighted by Gasteiger charge is 2.30. The van der Waals surface area contributed by atoms with Gasteiger partial charge in [-0.25, -0.2) is 8.42 Å². The molecule has 9 heteroatoms. The van der Waals surface area contributed by atoms with Gasteiger partial charge in [-0.05, 0) is 55.5 Å². The van der Waals surface area contributed by atoms with Gasteiger partial charge in [0.2, 0.25) is 15.9 Å². The standard InChI is InChI=1S/C23H28ClN3O4S/c1-15(2)21(26-22(28)18-9-5-4-8-16(18)3)23(29)25-17-10-11-19(24)20(14-17)32(30,31)27-12-6-7-13-27/h4-5,8-11,14-15,21H,6-7,12-13H2,1-3H3,(H,25,29)(H,26,28). The van der Waals surface area contributed by atoms with Gasteiger partial charge in [0.05, 0.1) is 5.02 Å². The summed E-state index contributed by atoms with van der Waals surface area (Å²) in [6.07, 6.45) is 1.62. The maximum absolute atomic E-state index is 13.0. The minimum atomic E-state index is -3.74. The van der Waals surface area contributed by atoms with Crippen LogP contribution in [0.3, 0.4) is 0 Å². The average molecular weight is 478 g/mol. The summed E-state index contributed by atoms with van der Waals surface area (Å²) in [4.78, 5) is 25.7. The number of benzene rings is 2. The normalized spacial score (nSPS) is 15.5. The summed E-state index contributed by atoms with van der Waals surface area (Å²) < 4.78 is 27.3. The van der Waals surface area contributed by atoms with Crippen LogP contribution in [-0.2, 0) is 14.8 Å². The lowest BCUT2D eigenvalue weighted by molar-refractivity contribution is -0.118. The van der Waals surface area contributed by atoms with E-state index in [0.29, 0.717) is 24.3 Å². The van der Waals surface area contributed by atoms with Gasteiger partial charge in [-0.3, -0.25) is 9.59 Å². The lowest BCUT2D eigenvalue weighted by Crippen LogP contribution is -2.47. The predicted octanol–water partition coefficient (Wildman–Crippen LogP) is 3.83. The lowest BCUT2D eigenvalue weighted by atomic mass is 10.0. The first-order chi connectivity index (χ1) is 15.1. The highest BCUT2D eigenvalue weighted by Crippen LogP contribution is 2.29. The van der Waals surface area contributed by atoms with E-state index in [2.05, 4.69) is 10.6 Å². The van der Waals surface area contributed by atoms with Gasteiger partial charge in [0.25, 0.3) is 5.91 Å². The van der Waals surface area contributed by atoms with E-state index in [9.17, 15) is 18.0 Å². The fourth-order valence-corrected chi connectivity index (χ4v) is 5.67. The molecular formula is C23H28ClN3O4S. The summed E-state index contributed by atoms with van der Waals surface area (Å²) in [5, 5.41) is 5.62. The molecule has 0 bridgehead atoms. The van der Waals surface area contributed by atoms with Gasteiger partial charge >= 0.3 is 0 Å². The number of sulfonamides is 1. The van der Waals surface area contributed by atoms with E-state index < -0.39 is 22.0 Å². The number of rotatable bonds is 7. The fourth-order valence-electron chi connectivity index (χ4n) is 3.65. The van der Waals surface area contributed by atoms with Crippen LogP contribution in [0, 0.1) is 12.8 Å². The number of hydrogen-bond acceptors (Lipinski definition) is 4. The third kappa shape index (κ3) is 5.31. The van der Waals surface area contributed by atoms with E-state index in [0.717, 1.165) is 18.4 Å². The number of nitrogens with one attached hydrogen (secondary N) is 2. The lowest BCUT2D eigenvalue weighted by Gasteiger charge is -2.23. The highest BCUT2D eigenvalue weighted by molar-refractivity contribution is 7.89. The molecule has 3 rings (SSSR count). The van der Waals surface area contributed by atoms with Crippen molar-refractivity contribution in [3.63, 3.8) is 0 Å². The van der Waals surface area contributed by atoms with Crippen molar-refractivity contribution in [2.45, 2.75) is 44.6 Å². The van der Waals surface area contributed by atoms with Crippen LogP contribution in [0.5, 0.6) is 0 Å². The molecule has 1 fully saturated rings. The van der Waals surface area contributed by atoms with Crippen molar-refractivity contribution in [1.29, 1.82) is 0 Å². The second-order valence-corrected chi connectivity index (χ2v) is 10.6. The molecule has 1 aliphatic heterocycles. The summed E-state index contributed by atoms with van der Waals surface area (Å²) in [6, 6.07) is 10.7. The Balaban J connectivity index is 1.80. The van der Waals surface area contributed by atoms with Gasteiger partial charge in [-0.2, -0.15) is 4.31 Å². The van der Waals surface area contributed by atoms with Gasteiger partial charge in [-0.1, -0.05) is 43.6 Å². The molecule has 32 heavy (non-hydrogen) atoms. The summed E-state index contributed by atoms with van der Waals surface area (Å²) in [6.45, 7) is 6.39. The molecule has 0 saturated carbocycles. The van der Waals surface area contributed by atoms with Crippen LogP contribution in [0.2, 0.25) is 5.02 Å². The molecule has 2 amide bonds. The summed E-state index contributed by atoms with van der Waals surface area (Å²) in [5.74, 6) is -0.970. The van der Waals surface area contributed by atoms with Gasteiger partial charge < -0.3 is 10.6 Å². The second kappa shape index (κ2) is 10.0. The van der Waals surface area contributed by atoms with E-state index in [1.54, 1.807) is 18.2 Å². The number of nitrogens with zero attached hydrogens (tertiary/aromatic N) is 1. The number of carbonyl (C=O) groups is 2. The highest BCUT2D eigenvalue weighted by atomic mass is 35.5. The summed E-state index contributed by atoms with van der Waals surface area (Å²) in [5.41, 5.74) is 1.60. The number of anilines is 1. The third-order valence-corrected chi connectivity index (χ3v) is 7.89. The van der Waals surface area contributed by atoms with E-state index in [-0.39, 0.29) is 21.7 Å². The predicted molar refractivity (Wildman–Crippen MR) is 125 cm³/mol. The first kappa shape index (κ1) is 24.2. The Bertz CT molecular complexity index is 1110. The van der Waals surface area contributed by atoms with Gasteiger partial charge in [0.15, 0.2) is 0 Å². The monoisotopic (exact) mass is 477 g/mol. The number of carbonyl (C=O) groups excluding carboxylic acids is 2. The Hall–Kier alpha value is -2.42. The maximum Gasteiger partial charge on any atom is 0.252 e. The fraction of sp³-hybridized carbons (Fsp3) is 0.391. The Labute approximate surface area is 194 Å². The summed E-state index contributed by atoms with van der Waals surface area (Å²) >= 11 is 6.18. The van der Waals surface area contributed by atoms with E-state index in [1.807, 2.05) is 32.9 Å². The number of halogens is 1. The molecule has 0 aromatic heterocycles. The Morgan fingerprint density at radius 2 is 1.72 bits per heavy atom. The van der Waals surface area contributed by atoms with Crippen molar-refractivity contribution in [3.05, 3.63) is 58.6 Å². The van der Waals surface area contributed by atoms with Crippen LogP contribution >= 0.6 is 11.6 Å². The SMILES string of the molecule is Cc1ccccc1C(=O)NC(C(=O)Nc1ccc(Cl)c(S(=O)(=O)N2CCCC2)c1)C(C)C. The second-order valence-electron chi connectivity index (χ2n) is 8.26. The number of amides is 2. The van der Waals surface area contributed by atoms with Crippen molar-refractivity contribution in [1.82, 2.24) is 9.62 Å². The van der Waals surface area contributed by atoms with Crippen molar-refractivity contribution < 1.29 is 18.0 Å². The zero-order chi connectivity index (χ0) is 23.5. The Morgan fingerprint density at radius 1 is 1.06 bits per heavy atom. The molecule has 2 aromatic carbocycles. The van der Waals surface area contributed by atoms with Crippen molar-refractivity contribution >= 4 is 39.1 Å². The average Bonchev–Trinajstić information content (AvgIpc) is 3.29. The van der Waals surface area contributed by atoms with E-state index in [1.165, 1.54) is 16.4 Å². The maximum atomic E-state index is 13.0. The molecule has 2 N–H and O–H groups in total. The molecule has 1 aliphatic rings. The van der Waals surface area contributed by atoms with Crippen LogP contribution in [0.15, 0.2) is 47.4 Å². The molecule has 1 atom stereocenters. The van der Waals surface area contributed by atoms with Crippen molar-refractivity contribution in [3.8, 4) is 0 Å². The molecule has 2 aromatic rings.